The fourth-order valence-corrected chi connectivity index (χ4v) is 8.16. The van der Waals surface area contributed by atoms with Gasteiger partial charge in [-0.3, -0.25) is 4.90 Å². The van der Waals surface area contributed by atoms with Crippen molar-refractivity contribution >= 4 is 50.5 Å². The maximum absolute atomic E-state index is 15.3. The highest BCUT2D eigenvalue weighted by atomic mass is 32.2. The van der Waals surface area contributed by atoms with Crippen LogP contribution in [0.4, 0.5) is 45.7 Å². The van der Waals surface area contributed by atoms with Crippen LogP contribution in [0, 0.1) is 17.5 Å². The summed E-state index contributed by atoms with van der Waals surface area (Å²) in [4.78, 5) is 20.6. The molecular formula is C35H34F4N8OS2. The summed E-state index contributed by atoms with van der Waals surface area (Å²) in [5.41, 5.74) is 3.29. The van der Waals surface area contributed by atoms with E-state index in [1.54, 1.807) is 42.6 Å². The number of rotatable bonds is 11. The molecule has 0 amide bonds. The van der Waals surface area contributed by atoms with Crippen molar-refractivity contribution in [2.24, 2.45) is 0 Å². The van der Waals surface area contributed by atoms with E-state index in [-0.39, 0.29) is 11.8 Å². The first kappa shape index (κ1) is 33.9. The summed E-state index contributed by atoms with van der Waals surface area (Å²) >= 11 is 1.49. The quantitative estimate of drug-likeness (QED) is 0.138. The Kier molecular flexibility index (Phi) is 10.2. The number of halogens is 4. The predicted octanol–water partition coefficient (Wildman–Crippen LogP) is 7.25. The van der Waals surface area contributed by atoms with Gasteiger partial charge in [0.05, 0.1) is 22.0 Å². The number of hydrogen-bond acceptors (Lipinski definition) is 9. The summed E-state index contributed by atoms with van der Waals surface area (Å²) in [6, 6.07) is 17.0. The molecule has 0 saturated carbocycles. The standard InChI is InChI=1S/C35H34F4N8OS2/c36-12-16-45-17-19-46(20-18-45)30-10-9-24(22-28(30)39)41-34-40-13-11-29(42-34)32-31(43-35(49-32)47-14-1-2-15-47)23-5-3-6-25(21-23)44-50(48)33-26(37)7-4-8-27(33)38/h3-11,13,21-22,44H,1-2,12,14-20H2,(H,40,41,42). The summed E-state index contributed by atoms with van der Waals surface area (Å²) in [5.74, 6) is -1.91. The van der Waals surface area contributed by atoms with Crippen molar-refractivity contribution in [3.05, 3.63) is 90.4 Å². The number of alkyl halides is 1. The Morgan fingerprint density at radius 2 is 1.56 bits per heavy atom. The first-order valence-electron chi connectivity index (χ1n) is 16.3. The van der Waals surface area contributed by atoms with Crippen molar-refractivity contribution < 1.29 is 21.8 Å². The third-order valence-electron chi connectivity index (χ3n) is 8.65. The van der Waals surface area contributed by atoms with E-state index in [0.29, 0.717) is 66.7 Å². The number of anilines is 5. The van der Waals surface area contributed by atoms with Gasteiger partial charge in [-0.2, -0.15) is 0 Å². The molecule has 2 aliphatic rings. The SMILES string of the molecule is O=S(Nc1cccc(-c2nc(N3CCCC3)sc2-c2ccnc(Nc3ccc(N4CCN(CCF)CC4)c(F)c3)n2)c1)c1c(F)cccc1F. The minimum absolute atomic E-state index is 0.272. The molecule has 7 rings (SSSR count). The van der Waals surface area contributed by atoms with Crippen molar-refractivity contribution in [1.82, 2.24) is 19.9 Å². The van der Waals surface area contributed by atoms with E-state index in [0.717, 1.165) is 48.1 Å². The van der Waals surface area contributed by atoms with Crippen LogP contribution in [-0.4, -0.2) is 76.5 Å². The zero-order chi connectivity index (χ0) is 34.6. The van der Waals surface area contributed by atoms with Crippen molar-refractivity contribution in [2.45, 2.75) is 17.7 Å². The average Bonchev–Trinajstić information content (AvgIpc) is 3.81. The molecule has 9 nitrogen and oxygen atoms in total. The lowest BCUT2D eigenvalue weighted by molar-refractivity contribution is 0.235. The van der Waals surface area contributed by atoms with Crippen LogP contribution in [0.5, 0.6) is 0 Å². The van der Waals surface area contributed by atoms with Crippen LogP contribution in [0.25, 0.3) is 21.8 Å². The van der Waals surface area contributed by atoms with Crippen LogP contribution in [0.15, 0.2) is 77.8 Å². The van der Waals surface area contributed by atoms with Crippen LogP contribution < -0.4 is 19.8 Å². The first-order valence-corrected chi connectivity index (χ1v) is 18.2. The molecule has 2 aliphatic heterocycles. The normalized spacial score (nSPS) is 15.8. The third-order valence-corrected chi connectivity index (χ3v) is 11.0. The molecule has 3 aromatic carbocycles. The maximum atomic E-state index is 15.3. The number of piperazine rings is 1. The fourth-order valence-electron chi connectivity index (χ4n) is 6.12. The molecule has 5 aromatic rings. The van der Waals surface area contributed by atoms with Gasteiger partial charge < -0.3 is 19.8 Å². The molecule has 15 heteroatoms. The Morgan fingerprint density at radius 1 is 0.800 bits per heavy atom. The largest absolute Gasteiger partial charge is 0.367 e. The molecule has 2 N–H and O–H groups in total. The van der Waals surface area contributed by atoms with Crippen LogP contribution in [0.2, 0.25) is 0 Å². The fraction of sp³-hybridized carbons (Fsp3) is 0.286. The van der Waals surface area contributed by atoms with E-state index in [1.165, 1.54) is 23.5 Å². The van der Waals surface area contributed by atoms with E-state index < -0.39 is 34.2 Å². The molecule has 50 heavy (non-hydrogen) atoms. The van der Waals surface area contributed by atoms with Gasteiger partial charge in [-0.15, -0.1) is 0 Å². The number of aromatic nitrogens is 3. The number of benzene rings is 3. The van der Waals surface area contributed by atoms with Gasteiger partial charge >= 0.3 is 0 Å². The van der Waals surface area contributed by atoms with Crippen molar-refractivity contribution in [3.8, 4) is 21.8 Å². The Bertz CT molecular complexity index is 1980. The van der Waals surface area contributed by atoms with E-state index >= 15 is 4.39 Å². The highest BCUT2D eigenvalue weighted by Crippen LogP contribution is 2.41. The van der Waals surface area contributed by atoms with Gasteiger partial charge in [-0.25, -0.2) is 36.7 Å². The molecule has 0 spiro atoms. The first-order chi connectivity index (χ1) is 24.4. The molecule has 0 radical (unpaired) electrons. The average molecular weight is 723 g/mol. The molecule has 0 bridgehead atoms. The number of thiazole rings is 1. The van der Waals surface area contributed by atoms with Gasteiger partial charge in [0.1, 0.15) is 29.0 Å². The molecule has 260 valence electrons. The van der Waals surface area contributed by atoms with E-state index in [1.807, 2.05) is 15.9 Å². The molecule has 2 aromatic heterocycles. The zero-order valence-electron chi connectivity index (χ0n) is 26.9. The summed E-state index contributed by atoms with van der Waals surface area (Å²) < 4.78 is 72.3. The van der Waals surface area contributed by atoms with Crippen LogP contribution in [0.3, 0.4) is 0 Å². The van der Waals surface area contributed by atoms with Gasteiger partial charge in [0, 0.05) is 68.9 Å². The Balaban J connectivity index is 1.14. The van der Waals surface area contributed by atoms with Gasteiger partial charge in [-0.05, 0) is 61.4 Å². The highest BCUT2D eigenvalue weighted by molar-refractivity contribution is 7.86. The minimum Gasteiger partial charge on any atom is -0.367 e. The smallest absolute Gasteiger partial charge is 0.227 e. The number of nitrogens with one attached hydrogen (secondary N) is 2. The number of hydrogen-bond donors (Lipinski definition) is 2. The van der Waals surface area contributed by atoms with Crippen molar-refractivity contribution in [2.75, 3.05) is 72.3 Å². The van der Waals surface area contributed by atoms with Crippen LogP contribution in [-0.2, 0) is 11.0 Å². The Morgan fingerprint density at radius 3 is 2.30 bits per heavy atom. The second-order valence-corrected chi connectivity index (χ2v) is 14.1. The summed E-state index contributed by atoms with van der Waals surface area (Å²) in [5, 5.41) is 3.96. The van der Waals surface area contributed by atoms with E-state index in [9.17, 15) is 17.4 Å². The zero-order valence-corrected chi connectivity index (χ0v) is 28.6. The van der Waals surface area contributed by atoms with Gasteiger partial charge in [-0.1, -0.05) is 29.5 Å². The molecular weight excluding hydrogens is 689 g/mol. The number of nitrogens with zero attached hydrogens (tertiary/aromatic N) is 6. The lowest BCUT2D eigenvalue weighted by Crippen LogP contribution is -2.47. The van der Waals surface area contributed by atoms with Crippen molar-refractivity contribution in [1.29, 1.82) is 0 Å². The van der Waals surface area contributed by atoms with E-state index in [4.69, 9.17) is 9.97 Å². The maximum Gasteiger partial charge on any atom is 0.227 e. The van der Waals surface area contributed by atoms with E-state index in [2.05, 4.69) is 19.9 Å². The second-order valence-electron chi connectivity index (χ2n) is 11.9. The summed E-state index contributed by atoms with van der Waals surface area (Å²) in [6.07, 6.45) is 3.75. The van der Waals surface area contributed by atoms with Gasteiger partial charge in [0.2, 0.25) is 5.95 Å². The predicted molar refractivity (Wildman–Crippen MR) is 191 cm³/mol. The topological polar surface area (TPSA) is 89.5 Å². The van der Waals surface area contributed by atoms with Gasteiger partial charge in [0.15, 0.2) is 16.1 Å². The minimum atomic E-state index is -2.19. The third kappa shape index (κ3) is 7.44. The lowest BCUT2D eigenvalue weighted by Gasteiger charge is -2.35. The van der Waals surface area contributed by atoms with Gasteiger partial charge in [0.25, 0.3) is 0 Å². The molecule has 4 heterocycles. The summed E-state index contributed by atoms with van der Waals surface area (Å²) in [7, 11) is -2.19. The Labute approximate surface area is 293 Å². The molecule has 1 atom stereocenters. The molecule has 2 saturated heterocycles. The van der Waals surface area contributed by atoms with Crippen molar-refractivity contribution in [3.63, 3.8) is 0 Å². The second kappa shape index (κ2) is 15.1. The molecule has 2 fully saturated rings. The molecule has 1 unspecified atom stereocenters. The Hall–Kier alpha value is -4.60. The monoisotopic (exact) mass is 722 g/mol. The summed E-state index contributed by atoms with van der Waals surface area (Å²) in [6.45, 7) is 4.36. The lowest BCUT2D eigenvalue weighted by atomic mass is 10.1. The van der Waals surface area contributed by atoms with Crippen LogP contribution >= 0.6 is 11.3 Å². The molecule has 0 aliphatic carbocycles. The van der Waals surface area contributed by atoms with Crippen LogP contribution in [0.1, 0.15) is 12.8 Å². The highest BCUT2D eigenvalue weighted by Gasteiger charge is 2.24.